The number of carboxylic acid groups (broad SMARTS) is 1. The van der Waals surface area contributed by atoms with Gasteiger partial charge in [0.15, 0.2) is 0 Å². The quantitative estimate of drug-likeness (QED) is 0.913. The van der Waals surface area contributed by atoms with Gasteiger partial charge >= 0.3 is 5.97 Å². The lowest BCUT2D eigenvalue weighted by Crippen LogP contribution is -2.34. The molecule has 19 heavy (non-hydrogen) atoms. The van der Waals surface area contributed by atoms with Gasteiger partial charge < -0.3 is 5.11 Å². The number of pyridine rings is 1. The highest BCUT2D eigenvalue weighted by Gasteiger charge is 2.35. The van der Waals surface area contributed by atoms with E-state index in [2.05, 4.69) is 4.98 Å². The van der Waals surface area contributed by atoms with Crippen LogP contribution in [0.1, 0.15) is 23.6 Å². The average molecular weight is 255 g/mol. The summed E-state index contributed by atoms with van der Waals surface area (Å²) in [4.78, 5) is 15.7. The van der Waals surface area contributed by atoms with Gasteiger partial charge in [-0.2, -0.15) is 0 Å². The number of nitrogens with zero attached hydrogens (tertiary/aromatic N) is 1. The van der Waals surface area contributed by atoms with Crippen LogP contribution in [0.5, 0.6) is 0 Å². The van der Waals surface area contributed by atoms with Crippen LogP contribution in [0.25, 0.3) is 0 Å². The molecule has 0 fully saturated rings. The van der Waals surface area contributed by atoms with Crippen molar-refractivity contribution in [2.45, 2.75) is 25.7 Å². The maximum atomic E-state index is 11.7. The zero-order valence-corrected chi connectivity index (χ0v) is 11.1. The van der Waals surface area contributed by atoms with Gasteiger partial charge in [-0.25, -0.2) is 0 Å². The lowest BCUT2D eigenvalue weighted by atomic mass is 9.77. The minimum absolute atomic E-state index is 0.430. The third-order valence-corrected chi connectivity index (χ3v) is 3.44. The maximum absolute atomic E-state index is 11.7. The molecule has 0 aliphatic heterocycles. The highest BCUT2D eigenvalue weighted by molar-refractivity contribution is 5.81. The Hall–Kier alpha value is -2.16. The molecule has 1 atom stereocenters. The van der Waals surface area contributed by atoms with Gasteiger partial charge in [-0.15, -0.1) is 0 Å². The second-order valence-electron chi connectivity index (χ2n) is 5.04. The van der Waals surface area contributed by atoms with E-state index in [0.29, 0.717) is 6.42 Å². The standard InChI is InChI=1S/C16H17NO2/c1-12-5-7-14(8-6-12)16(2,15(18)19)10-13-4-3-9-17-11-13/h3-9,11H,10H2,1-2H3,(H,18,19). The molecule has 0 saturated carbocycles. The van der Waals surface area contributed by atoms with E-state index in [9.17, 15) is 9.90 Å². The van der Waals surface area contributed by atoms with Crippen LogP contribution in [-0.4, -0.2) is 16.1 Å². The van der Waals surface area contributed by atoms with Crippen LogP contribution in [-0.2, 0) is 16.6 Å². The molecule has 1 aromatic heterocycles. The Labute approximate surface area is 112 Å². The number of hydrogen-bond acceptors (Lipinski definition) is 2. The van der Waals surface area contributed by atoms with Crippen LogP contribution in [0, 0.1) is 6.92 Å². The summed E-state index contributed by atoms with van der Waals surface area (Å²) in [7, 11) is 0. The van der Waals surface area contributed by atoms with Gasteiger partial charge in [0.2, 0.25) is 0 Å². The molecule has 0 aliphatic carbocycles. The second kappa shape index (κ2) is 5.22. The van der Waals surface area contributed by atoms with Crippen molar-refractivity contribution < 1.29 is 9.90 Å². The maximum Gasteiger partial charge on any atom is 0.314 e. The summed E-state index contributed by atoms with van der Waals surface area (Å²) in [6.45, 7) is 3.75. The smallest absolute Gasteiger partial charge is 0.314 e. The zero-order chi connectivity index (χ0) is 13.9. The number of aliphatic carboxylic acids is 1. The van der Waals surface area contributed by atoms with E-state index < -0.39 is 11.4 Å². The molecule has 0 aliphatic rings. The Morgan fingerprint density at radius 2 is 1.95 bits per heavy atom. The summed E-state index contributed by atoms with van der Waals surface area (Å²) >= 11 is 0. The zero-order valence-electron chi connectivity index (χ0n) is 11.1. The molecule has 0 radical (unpaired) electrons. The molecule has 0 amide bonds. The van der Waals surface area contributed by atoms with Crippen molar-refractivity contribution in [1.29, 1.82) is 0 Å². The second-order valence-corrected chi connectivity index (χ2v) is 5.04. The number of carbonyl (C=O) groups is 1. The van der Waals surface area contributed by atoms with E-state index in [4.69, 9.17) is 0 Å². The fourth-order valence-corrected chi connectivity index (χ4v) is 2.13. The molecule has 2 rings (SSSR count). The Kier molecular flexibility index (Phi) is 3.65. The highest BCUT2D eigenvalue weighted by atomic mass is 16.4. The summed E-state index contributed by atoms with van der Waals surface area (Å²) in [5.41, 5.74) is 1.93. The lowest BCUT2D eigenvalue weighted by Gasteiger charge is -2.25. The first-order chi connectivity index (χ1) is 9.02. The minimum atomic E-state index is -0.934. The molecular weight excluding hydrogens is 238 g/mol. The lowest BCUT2D eigenvalue weighted by molar-refractivity contribution is -0.143. The summed E-state index contributed by atoms with van der Waals surface area (Å²) in [5.74, 6) is -0.819. The summed E-state index contributed by atoms with van der Waals surface area (Å²) in [5, 5.41) is 9.60. The fraction of sp³-hybridized carbons (Fsp3) is 0.250. The molecule has 3 nitrogen and oxygen atoms in total. The summed E-state index contributed by atoms with van der Waals surface area (Å²) < 4.78 is 0. The van der Waals surface area contributed by atoms with Crippen molar-refractivity contribution in [2.75, 3.05) is 0 Å². The van der Waals surface area contributed by atoms with Crippen molar-refractivity contribution in [3.8, 4) is 0 Å². The predicted molar refractivity (Wildman–Crippen MR) is 74.1 cm³/mol. The van der Waals surface area contributed by atoms with Crippen molar-refractivity contribution in [2.24, 2.45) is 0 Å². The van der Waals surface area contributed by atoms with E-state index in [1.165, 1.54) is 0 Å². The van der Waals surface area contributed by atoms with Crippen molar-refractivity contribution in [1.82, 2.24) is 4.98 Å². The Morgan fingerprint density at radius 3 is 2.47 bits per heavy atom. The van der Waals surface area contributed by atoms with Gasteiger partial charge in [0.25, 0.3) is 0 Å². The molecular formula is C16H17NO2. The monoisotopic (exact) mass is 255 g/mol. The third kappa shape index (κ3) is 2.81. The molecule has 98 valence electrons. The van der Waals surface area contributed by atoms with E-state index in [1.54, 1.807) is 19.3 Å². The fourth-order valence-electron chi connectivity index (χ4n) is 2.13. The van der Waals surface area contributed by atoms with Gasteiger partial charge in [-0.05, 0) is 37.5 Å². The molecule has 1 unspecified atom stereocenters. The van der Waals surface area contributed by atoms with Crippen LogP contribution in [0.3, 0.4) is 0 Å². The molecule has 1 heterocycles. The van der Waals surface area contributed by atoms with Gasteiger partial charge in [0, 0.05) is 12.4 Å². The number of carboxylic acids is 1. The number of aromatic nitrogens is 1. The Bertz CT molecular complexity index is 563. The van der Waals surface area contributed by atoms with Gasteiger partial charge in [0.1, 0.15) is 0 Å². The number of rotatable bonds is 4. The molecule has 0 spiro atoms. The Morgan fingerprint density at radius 1 is 1.26 bits per heavy atom. The van der Waals surface area contributed by atoms with Crippen molar-refractivity contribution in [3.05, 3.63) is 65.5 Å². The topological polar surface area (TPSA) is 50.2 Å². The number of benzene rings is 1. The summed E-state index contributed by atoms with van der Waals surface area (Å²) in [6.07, 6.45) is 3.84. The van der Waals surface area contributed by atoms with Gasteiger partial charge in [-0.3, -0.25) is 9.78 Å². The van der Waals surface area contributed by atoms with Crippen LogP contribution < -0.4 is 0 Å². The van der Waals surface area contributed by atoms with Crippen molar-refractivity contribution in [3.63, 3.8) is 0 Å². The minimum Gasteiger partial charge on any atom is -0.481 e. The summed E-state index contributed by atoms with van der Waals surface area (Å²) in [6, 6.07) is 11.4. The highest BCUT2D eigenvalue weighted by Crippen LogP contribution is 2.28. The molecule has 1 N–H and O–H groups in total. The van der Waals surface area contributed by atoms with Crippen LogP contribution in [0.15, 0.2) is 48.8 Å². The first-order valence-corrected chi connectivity index (χ1v) is 6.22. The number of hydrogen-bond donors (Lipinski definition) is 1. The first-order valence-electron chi connectivity index (χ1n) is 6.22. The Balaban J connectivity index is 2.38. The number of aryl methyl sites for hydroxylation is 1. The van der Waals surface area contributed by atoms with E-state index in [1.807, 2.05) is 43.3 Å². The average Bonchev–Trinajstić information content (AvgIpc) is 2.40. The van der Waals surface area contributed by atoms with Crippen LogP contribution >= 0.6 is 0 Å². The van der Waals surface area contributed by atoms with E-state index in [0.717, 1.165) is 16.7 Å². The molecule has 3 heteroatoms. The first kappa shape index (κ1) is 13.3. The van der Waals surface area contributed by atoms with Gasteiger partial charge in [-0.1, -0.05) is 35.9 Å². The van der Waals surface area contributed by atoms with Crippen molar-refractivity contribution >= 4 is 5.97 Å². The van der Waals surface area contributed by atoms with E-state index in [-0.39, 0.29) is 0 Å². The molecule has 0 saturated heterocycles. The molecule has 2 aromatic rings. The normalized spacial score (nSPS) is 13.8. The van der Waals surface area contributed by atoms with Gasteiger partial charge in [0.05, 0.1) is 5.41 Å². The third-order valence-electron chi connectivity index (χ3n) is 3.44. The van der Waals surface area contributed by atoms with Crippen LogP contribution in [0.2, 0.25) is 0 Å². The SMILES string of the molecule is Cc1ccc(C(C)(Cc2cccnc2)C(=O)O)cc1. The predicted octanol–water partition coefficient (Wildman–Crippen LogP) is 2.98. The molecule has 0 bridgehead atoms. The molecule has 1 aromatic carbocycles. The van der Waals surface area contributed by atoms with E-state index >= 15 is 0 Å². The van der Waals surface area contributed by atoms with Crippen LogP contribution in [0.4, 0.5) is 0 Å². The largest absolute Gasteiger partial charge is 0.481 e.